The van der Waals surface area contributed by atoms with Crippen LogP contribution in [0, 0.1) is 12.3 Å². The molecule has 0 saturated carbocycles. The van der Waals surface area contributed by atoms with E-state index in [-0.39, 0.29) is 12.8 Å². The quantitative estimate of drug-likeness (QED) is 0.0431. The van der Waals surface area contributed by atoms with E-state index in [1.165, 1.54) is 62.3 Å². The van der Waals surface area contributed by atoms with Gasteiger partial charge in [-0.1, -0.05) is 206 Å². The SMILES string of the molecule is C.C#CC.C1=C(c2ccccc2)[B-](c2ccccc2)(c2ccccc2)[n+]2c1c1ccccc1c1ccccc12.CC(Cl)(Cl)Cl.O=S(=O)(Oc1nc2ccccc2c2ccccc12)C(F)(F)F. The molecule has 0 radical (unpaired) electrons. The molecule has 0 amide bonds. The molecule has 13 heteroatoms. The average Bonchev–Trinajstić information content (AvgIpc) is 3.67. The molecule has 9 aromatic rings. The number of para-hydroxylation sites is 2. The molecule has 10 rings (SSSR count). The normalized spacial score (nSPS) is 12.7. The number of alkyl halides is 6. The molecule has 0 bridgehead atoms. The summed E-state index contributed by atoms with van der Waals surface area (Å²) in [5, 5.41) is 5.30. The molecule has 0 aliphatic carbocycles. The van der Waals surface area contributed by atoms with E-state index in [2.05, 4.69) is 172 Å². The maximum Gasteiger partial charge on any atom is 0.534 e. The van der Waals surface area contributed by atoms with Crippen LogP contribution in [-0.2, 0) is 10.1 Å². The minimum Gasteiger partial charge on any atom is -0.401 e. The van der Waals surface area contributed by atoms with Crippen molar-refractivity contribution in [3.05, 3.63) is 199 Å². The zero-order chi connectivity index (χ0) is 46.4. The van der Waals surface area contributed by atoms with E-state index in [9.17, 15) is 21.6 Å². The van der Waals surface area contributed by atoms with Gasteiger partial charge in [0.25, 0.3) is 0 Å². The summed E-state index contributed by atoms with van der Waals surface area (Å²) in [6.45, 7) is 3.14. The summed E-state index contributed by atoms with van der Waals surface area (Å²) in [5.74, 6) is 1.66. The second-order valence-corrected chi connectivity index (χ2v) is 19.3. The fraction of sp³-hybridized carbons (Fsp3) is 0.0943. The number of benzene rings is 7. The Morgan fingerprint density at radius 1 is 0.606 bits per heavy atom. The number of aromatic nitrogens is 2. The second-order valence-electron chi connectivity index (χ2n) is 15.0. The maximum absolute atomic E-state index is 12.5. The molecule has 0 spiro atoms. The zero-order valence-corrected chi connectivity index (χ0v) is 38.0. The highest BCUT2D eigenvalue weighted by Gasteiger charge is 2.51. The molecule has 0 atom stereocenters. The van der Waals surface area contributed by atoms with Crippen molar-refractivity contribution in [2.75, 3.05) is 0 Å². The molecule has 5 nitrogen and oxygen atoms in total. The lowest BCUT2D eigenvalue weighted by molar-refractivity contribution is -0.507. The topological polar surface area (TPSA) is 60.1 Å². The van der Waals surface area contributed by atoms with Gasteiger partial charge in [0.05, 0.1) is 5.52 Å². The van der Waals surface area contributed by atoms with Crippen molar-refractivity contribution in [3.8, 4) is 18.2 Å². The van der Waals surface area contributed by atoms with E-state index in [1.807, 2.05) is 0 Å². The van der Waals surface area contributed by atoms with Gasteiger partial charge in [-0.2, -0.15) is 21.6 Å². The molecule has 7 aromatic carbocycles. The summed E-state index contributed by atoms with van der Waals surface area (Å²) in [5.41, 5.74) is 2.61. The van der Waals surface area contributed by atoms with Gasteiger partial charge in [-0.25, -0.2) is 4.98 Å². The van der Waals surface area contributed by atoms with Gasteiger partial charge in [0, 0.05) is 33.0 Å². The van der Waals surface area contributed by atoms with Crippen molar-refractivity contribution < 1.29 is 30.3 Å². The van der Waals surface area contributed by atoms with Crippen LogP contribution in [0.2, 0.25) is 0 Å². The highest BCUT2D eigenvalue weighted by atomic mass is 35.6. The number of hydrogen-bond acceptors (Lipinski definition) is 4. The molecule has 0 unspecified atom stereocenters. The van der Waals surface area contributed by atoms with Crippen LogP contribution in [0.25, 0.3) is 54.9 Å². The summed E-state index contributed by atoms with van der Waals surface area (Å²) in [6.07, 6.45) is 5.56. The predicted molar refractivity (Wildman–Crippen MR) is 271 cm³/mol. The van der Waals surface area contributed by atoms with Crippen molar-refractivity contribution in [2.24, 2.45) is 0 Å². The van der Waals surface area contributed by atoms with Gasteiger partial charge in [-0.15, -0.1) is 28.7 Å². The van der Waals surface area contributed by atoms with Crippen LogP contribution < -0.4 is 19.6 Å². The third-order valence-electron chi connectivity index (χ3n) is 10.8. The smallest absolute Gasteiger partial charge is 0.401 e. The van der Waals surface area contributed by atoms with Crippen molar-refractivity contribution in [3.63, 3.8) is 0 Å². The number of nitrogens with zero attached hydrogens (tertiary/aromatic N) is 2. The lowest BCUT2D eigenvalue weighted by Gasteiger charge is -2.36. The van der Waals surface area contributed by atoms with Crippen molar-refractivity contribution in [2.45, 2.75) is 30.6 Å². The molecule has 3 heterocycles. The highest BCUT2D eigenvalue weighted by Crippen LogP contribution is 2.38. The largest absolute Gasteiger partial charge is 0.534 e. The Balaban J connectivity index is 0.000000199. The number of hydrogen-bond donors (Lipinski definition) is 0. The van der Waals surface area contributed by atoms with E-state index < -0.39 is 31.6 Å². The van der Waals surface area contributed by atoms with E-state index >= 15 is 0 Å². The number of fused-ring (bicyclic) bond motifs is 9. The minimum atomic E-state index is -5.77. The monoisotopic (exact) mass is 960 g/mol. The third-order valence-corrected chi connectivity index (χ3v) is 11.7. The molecule has 1 aliphatic rings. The lowest BCUT2D eigenvalue weighted by atomic mass is 9.23. The van der Waals surface area contributed by atoms with Crippen LogP contribution in [-0.4, -0.2) is 29.0 Å². The Morgan fingerprint density at radius 3 is 1.52 bits per heavy atom. The van der Waals surface area contributed by atoms with Gasteiger partial charge in [0.1, 0.15) is 0 Å². The van der Waals surface area contributed by atoms with Gasteiger partial charge in [-0.3, -0.25) is 0 Å². The fourth-order valence-electron chi connectivity index (χ4n) is 8.44. The summed E-state index contributed by atoms with van der Waals surface area (Å²) in [7, 11) is -5.77. The molecule has 0 fully saturated rings. The van der Waals surface area contributed by atoms with Crippen molar-refractivity contribution in [1.82, 2.24) is 4.98 Å². The Morgan fingerprint density at radius 2 is 1.00 bits per heavy atom. The summed E-state index contributed by atoms with van der Waals surface area (Å²) >= 11 is 15.2. The van der Waals surface area contributed by atoms with Crippen molar-refractivity contribution >= 4 is 117 Å². The number of rotatable bonds is 5. The van der Waals surface area contributed by atoms with Gasteiger partial charge >= 0.3 is 21.9 Å². The van der Waals surface area contributed by atoms with Gasteiger partial charge in [-0.05, 0) is 49.6 Å². The highest BCUT2D eigenvalue weighted by molar-refractivity contribution is 7.88. The maximum atomic E-state index is 12.5. The molecular formula is C53H43BCl3F3N2O3S. The molecular weight excluding hydrogens is 919 g/mol. The predicted octanol–water partition coefficient (Wildman–Crippen LogP) is 13.3. The van der Waals surface area contributed by atoms with E-state index in [4.69, 9.17) is 34.8 Å². The van der Waals surface area contributed by atoms with Gasteiger partial charge < -0.3 is 8.66 Å². The number of terminal acetylenes is 1. The third kappa shape index (κ3) is 10.1. The van der Waals surface area contributed by atoms with E-state index in [0.717, 1.165) is 0 Å². The molecule has 0 saturated heterocycles. The second kappa shape index (κ2) is 20.4. The Bertz CT molecular complexity index is 3280. The van der Waals surface area contributed by atoms with E-state index in [1.54, 1.807) is 49.4 Å². The van der Waals surface area contributed by atoms with Crippen LogP contribution in [0.5, 0.6) is 5.88 Å². The Kier molecular flexibility index (Phi) is 15.2. The first kappa shape index (κ1) is 49.1. The number of halogens is 6. The van der Waals surface area contributed by atoms with E-state index in [0.29, 0.717) is 16.3 Å². The van der Waals surface area contributed by atoms with Crippen LogP contribution >= 0.6 is 34.8 Å². The average molecular weight is 962 g/mol. The Hall–Kier alpha value is -6.35. The van der Waals surface area contributed by atoms with Crippen molar-refractivity contribution in [1.29, 1.82) is 0 Å². The first-order chi connectivity index (χ1) is 31.1. The van der Waals surface area contributed by atoms with Gasteiger partial charge in [0.15, 0.2) is 15.0 Å². The van der Waals surface area contributed by atoms with Crippen LogP contribution in [0.15, 0.2) is 188 Å². The molecule has 0 N–H and O–H groups in total. The lowest BCUT2D eigenvalue weighted by Crippen LogP contribution is -2.78. The van der Waals surface area contributed by atoms with Crippen LogP contribution in [0.1, 0.15) is 32.5 Å². The summed E-state index contributed by atoms with van der Waals surface area (Å²) in [4.78, 5) is 3.90. The summed E-state index contributed by atoms with van der Waals surface area (Å²) < 4.78 is 65.7. The fourth-order valence-corrected chi connectivity index (χ4v) is 8.87. The summed E-state index contributed by atoms with van der Waals surface area (Å²) in [6, 6.07) is 63.8. The first-order valence-corrected chi connectivity index (χ1v) is 22.8. The standard InChI is InChI=1S/C33H24BN.C14H8F3NO3S.C3H4.C2H3Cl3.CH4/c1-4-14-25(15-5-1)31-24-33-30-22-11-10-20-28(30)29-21-12-13-23-32(29)35(33)34(31,26-16-6-2-7-17-26)27-18-8-3-9-19-27;15-14(16,17)22(19,20)21-13-11-7-2-1-5-9(11)10-6-3-4-8-12(10)18-13;1-3-2;1-2(3,4)5;/h1-24H;1-8H;1H,2H3;1H3;1H4. The molecule has 1 aliphatic heterocycles. The molecule has 2 aromatic heterocycles. The molecule has 334 valence electrons. The molecule has 66 heavy (non-hydrogen) atoms. The Labute approximate surface area is 398 Å². The van der Waals surface area contributed by atoms with Crippen LogP contribution in [0.3, 0.4) is 0 Å². The number of pyridine rings is 2. The van der Waals surface area contributed by atoms with Crippen LogP contribution in [0.4, 0.5) is 13.2 Å². The minimum absolute atomic E-state index is 0. The van der Waals surface area contributed by atoms with Gasteiger partial charge in [0.2, 0.25) is 5.88 Å². The zero-order valence-electron chi connectivity index (χ0n) is 34.9. The first-order valence-electron chi connectivity index (χ1n) is 20.2.